The van der Waals surface area contributed by atoms with Gasteiger partial charge in [0.1, 0.15) is 12.0 Å². The molecule has 1 aliphatic rings. The Morgan fingerprint density at radius 3 is 2.54 bits per heavy atom. The van der Waals surface area contributed by atoms with Crippen molar-refractivity contribution >= 4 is 17.3 Å². The van der Waals surface area contributed by atoms with E-state index in [1.54, 1.807) is 35.5 Å². The van der Waals surface area contributed by atoms with Gasteiger partial charge in [0.05, 0.1) is 5.56 Å². The lowest BCUT2D eigenvalue weighted by atomic mass is 10.0. The fourth-order valence-corrected chi connectivity index (χ4v) is 2.89. The molecule has 5 heteroatoms. The van der Waals surface area contributed by atoms with Crippen molar-refractivity contribution in [3.8, 4) is 0 Å². The lowest BCUT2D eigenvalue weighted by molar-refractivity contribution is 0.0975. The zero-order chi connectivity index (χ0) is 16.5. The molecule has 118 valence electrons. The third-order valence-electron chi connectivity index (χ3n) is 4.03. The summed E-state index contributed by atoms with van der Waals surface area (Å²) in [7, 11) is 0. The van der Waals surface area contributed by atoms with E-state index >= 15 is 0 Å². The maximum absolute atomic E-state index is 13.3. The Bertz CT molecular complexity index is 881. The van der Waals surface area contributed by atoms with E-state index in [0.717, 1.165) is 11.3 Å². The van der Waals surface area contributed by atoms with Gasteiger partial charge < -0.3 is 5.32 Å². The molecule has 3 aromatic rings. The van der Waals surface area contributed by atoms with Crippen molar-refractivity contribution < 1.29 is 9.18 Å². The van der Waals surface area contributed by atoms with Gasteiger partial charge in [0.25, 0.3) is 5.91 Å². The van der Waals surface area contributed by atoms with Crippen molar-refractivity contribution in [3.63, 3.8) is 0 Å². The Kier molecular flexibility index (Phi) is 3.46. The summed E-state index contributed by atoms with van der Waals surface area (Å²) >= 11 is 0. The Morgan fingerprint density at radius 1 is 1.00 bits per heavy atom. The van der Waals surface area contributed by atoms with E-state index in [9.17, 15) is 9.18 Å². The third kappa shape index (κ3) is 2.40. The van der Waals surface area contributed by atoms with E-state index in [1.807, 2.05) is 30.3 Å². The van der Waals surface area contributed by atoms with Gasteiger partial charge in [0, 0.05) is 29.3 Å². The van der Waals surface area contributed by atoms with Crippen LogP contribution >= 0.6 is 0 Å². The van der Waals surface area contributed by atoms with Crippen molar-refractivity contribution in [3.05, 3.63) is 90.0 Å². The molecular weight excluding hydrogens is 305 g/mol. The molecule has 0 spiro atoms. The number of nitrogens with zero attached hydrogens (tertiary/aromatic N) is 2. The minimum Gasteiger partial charge on any atom is -0.360 e. The van der Waals surface area contributed by atoms with Crippen LogP contribution in [0.3, 0.4) is 0 Å². The molecule has 2 aromatic carbocycles. The molecule has 0 unspecified atom stereocenters. The molecule has 4 rings (SSSR count). The van der Waals surface area contributed by atoms with E-state index in [4.69, 9.17) is 0 Å². The summed E-state index contributed by atoms with van der Waals surface area (Å²) in [5.74, 6) is -0.473. The highest BCUT2D eigenvalue weighted by molar-refractivity contribution is 6.12. The van der Waals surface area contributed by atoms with Crippen molar-refractivity contribution in [1.29, 1.82) is 0 Å². The molecule has 4 nitrogen and oxygen atoms in total. The molecule has 1 aromatic heterocycles. The van der Waals surface area contributed by atoms with Crippen LogP contribution < -0.4 is 10.2 Å². The van der Waals surface area contributed by atoms with Crippen LogP contribution in [0.4, 0.5) is 15.8 Å². The van der Waals surface area contributed by atoms with Crippen LogP contribution in [0.2, 0.25) is 0 Å². The molecule has 1 amide bonds. The van der Waals surface area contributed by atoms with E-state index in [1.165, 1.54) is 12.1 Å². The van der Waals surface area contributed by atoms with E-state index in [-0.39, 0.29) is 11.7 Å². The lowest BCUT2D eigenvalue weighted by Gasteiger charge is -2.38. The summed E-state index contributed by atoms with van der Waals surface area (Å²) in [5.41, 5.74) is 2.83. The Labute approximate surface area is 138 Å². The van der Waals surface area contributed by atoms with Gasteiger partial charge in [-0.05, 0) is 42.5 Å². The monoisotopic (exact) mass is 319 g/mol. The Hall–Kier alpha value is -3.21. The van der Waals surface area contributed by atoms with E-state index in [0.29, 0.717) is 11.3 Å². The van der Waals surface area contributed by atoms with Gasteiger partial charge in [0.2, 0.25) is 0 Å². The number of benzene rings is 2. The predicted molar refractivity (Wildman–Crippen MR) is 90.3 cm³/mol. The summed E-state index contributed by atoms with van der Waals surface area (Å²) < 4.78 is 13.3. The number of carbonyl (C=O) groups is 1. The minimum absolute atomic E-state index is 0.134. The summed E-state index contributed by atoms with van der Waals surface area (Å²) in [6.45, 7) is 0. The largest absolute Gasteiger partial charge is 0.360 e. The number of carbonyl (C=O) groups excluding carboxylic acids is 1. The second kappa shape index (κ2) is 5.77. The van der Waals surface area contributed by atoms with E-state index < -0.39 is 6.17 Å². The minimum atomic E-state index is -0.411. The van der Waals surface area contributed by atoms with Crippen molar-refractivity contribution in [2.75, 3.05) is 10.2 Å². The van der Waals surface area contributed by atoms with Crippen LogP contribution in [0, 0.1) is 5.82 Å². The van der Waals surface area contributed by atoms with Crippen LogP contribution in [0.5, 0.6) is 0 Å². The van der Waals surface area contributed by atoms with Crippen molar-refractivity contribution in [1.82, 2.24) is 4.98 Å². The van der Waals surface area contributed by atoms with Gasteiger partial charge in [-0.3, -0.25) is 14.7 Å². The normalized spacial score (nSPS) is 16.5. The van der Waals surface area contributed by atoms with Gasteiger partial charge in [-0.1, -0.05) is 18.2 Å². The molecule has 2 heterocycles. The zero-order valence-electron chi connectivity index (χ0n) is 12.7. The summed E-state index contributed by atoms with van der Waals surface area (Å²) in [6, 6.07) is 17.0. The molecule has 1 aliphatic heterocycles. The van der Waals surface area contributed by atoms with Crippen LogP contribution in [0.25, 0.3) is 0 Å². The number of para-hydroxylation sites is 1. The molecule has 1 N–H and O–H groups in total. The Morgan fingerprint density at radius 2 is 1.79 bits per heavy atom. The number of nitrogens with one attached hydrogen (secondary N) is 1. The van der Waals surface area contributed by atoms with Gasteiger partial charge in [-0.15, -0.1) is 0 Å². The zero-order valence-corrected chi connectivity index (χ0v) is 12.7. The number of fused-ring (bicyclic) bond motifs is 1. The second-order valence-electron chi connectivity index (χ2n) is 5.53. The number of hydrogen-bond donors (Lipinski definition) is 1. The first-order valence-electron chi connectivity index (χ1n) is 7.59. The highest BCUT2D eigenvalue weighted by Crippen LogP contribution is 2.36. The standard InChI is InChI=1S/C19H14FN3O/c20-14-7-9-15(10-8-14)23-18(13-4-3-11-21-12-13)22-17-6-2-1-5-16(17)19(23)24/h1-12,18,22H/t18-/m0/s1. The number of hydrogen-bond acceptors (Lipinski definition) is 3. The smallest absolute Gasteiger partial charge is 0.262 e. The maximum Gasteiger partial charge on any atom is 0.262 e. The average Bonchev–Trinajstić information content (AvgIpc) is 2.63. The number of aromatic nitrogens is 1. The van der Waals surface area contributed by atoms with Crippen molar-refractivity contribution in [2.45, 2.75) is 6.17 Å². The van der Waals surface area contributed by atoms with Crippen LogP contribution in [0.1, 0.15) is 22.1 Å². The molecular formula is C19H14FN3O. The number of amides is 1. The molecule has 0 saturated carbocycles. The van der Waals surface area contributed by atoms with Gasteiger partial charge in [0.15, 0.2) is 0 Å². The van der Waals surface area contributed by atoms with Crippen LogP contribution in [0.15, 0.2) is 73.1 Å². The fourth-order valence-electron chi connectivity index (χ4n) is 2.89. The number of anilines is 2. The number of pyridine rings is 1. The highest BCUT2D eigenvalue weighted by Gasteiger charge is 2.33. The summed E-state index contributed by atoms with van der Waals surface area (Å²) in [4.78, 5) is 18.8. The highest BCUT2D eigenvalue weighted by atomic mass is 19.1. The summed E-state index contributed by atoms with van der Waals surface area (Å²) in [6.07, 6.45) is 2.99. The van der Waals surface area contributed by atoms with Crippen LogP contribution in [-0.2, 0) is 0 Å². The number of halogens is 1. The molecule has 0 saturated heterocycles. The maximum atomic E-state index is 13.3. The first-order valence-corrected chi connectivity index (χ1v) is 7.59. The second-order valence-corrected chi connectivity index (χ2v) is 5.53. The molecule has 0 fully saturated rings. The SMILES string of the molecule is O=C1c2ccccc2N[C@H](c2cccnc2)N1c1ccc(F)cc1. The molecule has 0 bridgehead atoms. The van der Waals surface area contributed by atoms with Crippen LogP contribution in [-0.4, -0.2) is 10.9 Å². The molecule has 0 radical (unpaired) electrons. The topological polar surface area (TPSA) is 45.2 Å². The first kappa shape index (κ1) is 14.4. The number of rotatable bonds is 2. The fraction of sp³-hybridized carbons (Fsp3) is 0.0526. The lowest BCUT2D eigenvalue weighted by Crippen LogP contribution is -2.43. The third-order valence-corrected chi connectivity index (χ3v) is 4.03. The Balaban J connectivity index is 1.86. The van der Waals surface area contributed by atoms with Gasteiger partial charge in [-0.2, -0.15) is 0 Å². The summed E-state index contributed by atoms with van der Waals surface area (Å²) in [5, 5.41) is 3.38. The first-order chi connectivity index (χ1) is 11.7. The predicted octanol–water partition coefficient (Wildman–Crippen LogP) is 3.99. The van der Waals surface area contributed by atoms with E-state index in [2.05, 4.69) is 10.3 Å². The molecule has 24 heavy (non-hydrogen) atoms. The quantitative estimate of drug-likeness (QED) is 0.777. The molecule has 1 atom stereocenters. The van der Waals surface area contributed by atoms with Gasteiger partial charge >= 0.3 is 0 Å². The van der Waals surface area contributed by atoms with Crippen molar-refractivity contribution in [2.24, 2.45) is 0 Å². The molecule has 0 aliphatic carbocycles. The average molecular weight is 319 g/mol. The van der Waals surface area contributed by atoms with Gasteiger partial charge in [-0.25, -0.2) is 4.39 Å².